The van der Waals surface area contributed by atoms with E-state index >= 15 is 0 Å². The second-order valence-corrected chi connectivity index (χ2v) is 5.80. The molecule has 2 aromatic carbocycles. The molecule has 0 atom stereocenters. The van der Waals surface area contributed by atoms with Crippen molar-refractivity contribution in [2.75, 3.05) is 14.2 Å². The summed E-state index contributed by atoms with van der Waals surface area (Å²) in [6, 6.07) is 9.48. The monoisotopic (exact) mass is 415 g/mol. The third kappa shape index (κ3) is 5.06. The number of nitrogens with one attached hydrogen (secondary N) is 1. The number of ether oxygens (including phenoxy) is 3. The van der Waals surface area contributed by atoms with Gasteiger partial charge in [-0.25, -0.2) is 0 Å². The summed E-state index contributed by atoms with van der Waals surface area (Å²) < 4.78 is 40.3. The number of benzene rings is 2. The topological polar surface area (TPSA) is 56.8 Å². The standard InChI is InChI=1S/C17H16BrF2NO4/c1-23-13-6-4-12(18)7-11(13)9-21-16(22)10-3-5-14(24-2)15(8-10)25-17(19)20/h3-8,17H,9H2,1-2H3,(H,21,22). The van der Waals surface area contributed by atoms with Crippen molar-refractivity contribution in [1.29, 1.82) is 0 Å². The van der Waals surface area contributed by atoms with E-state index in [1.165, 1.54) is 32.4 Å². The largest absolute Gasteiger partial charge is 0.496 e. The van der Waals surface area contributed by atoms with Gasteiger partial charge in [-0.3, -0.25) is 4.79 Å². The molecular formula is C17H16BrF2NO4. The van der Waals surface area contributed by atoms with Crippen molar-refractivity contribution in [1.82, 2.24) is 5.32 Å². The van der Waals surface area contributed by atoms with Crippen LogP contribution >= 0.6 is 15.9 Å². The Balaban J connectivity index is 2.14. The molecule has 2 aromatic rings. The van der Waals surface area contributed by atoms with E-state index in [4.69, 9.17) is 9.47 Å². The summed E-state index contributed by atoms with van der Waals surface area (Å²) in [5.41, 5.74) is 0.938. The number of carbonyl (C=O) groups excluding carboxylic acids is 1. The van der Waals surface area contributed by atoms with Crippen LogP contribution < -0.4 is 19.5 Å². The Bertz CT molecular complexity index is 755. The van der Waals surface area contributed by atoms with Gasteiger partial charge in [0.1, 0.15) is 5.75 Å². The van der Waals surface area contributed by atoms with E-state index in [2.05, 4.69) is 26.0 Å². The second kappa shape index (κ2) is 8.66. The van der Waals surface area contributed by atoms with Crippen molar-refractivity contribution in [2.45, 2.75) is 13.2 Å². The quantitative estimate of drug-likeness (QED) is 0.742. The molecule has 0 unspecified atom stereocenters. The summed E-state index contributed by atoms with van der Waals surface area (Å²) >= 11 is 3.36. The van der Waals surface area contributed by atoms with Crippen LogP contribution in [0.15, 0.2) is 40.9 Å². The van der Waals surface area contributed by atoms with Gasteiger partial charge in [-0.15, -0.1) is 0 Å². The molecule has 2 rings (SSSR count). The molecule has 0 bridgehead atoms. The van der Waals surface area contributed by atoms with E-state index in [1.54, 1.807) is 6.07 Å². The van der Waals surface area contributed by atoms with E-state index in [1.807, 2.05) is 12.1 Å². The number of methoxy groups -OCH3 is 2. The molecule has 0 saturated carbocycles. The van der Waals surface area contributed by atoms with Crippen LogP contribution in [0.1, 0.15) is 15.9 Å². The predicted molar refractivity (Wildman–Crippen MR) is 91.5 cm³/mol. The van der Waals surface area contributed by atoms with Gasteiger partial charge in [0, 0.05) is 22.1 Å². The van der Waals surface area contributed by atoms with Crippen LogP contribution in [0.4, 0.5) is 8.78 Å². The fourth-order valence-electron chi connectivity index (χ4n) is 2.17. The highest BCUT2D eigenvalue weighted by Crippen LogP contribution is 2.29. The molecule has 1 N–H and O–H groups in total. The molecule has 0 radical (unpaired) electrons. The highest BCUT2D eigenvalue weighted by molar-refractivity contribution is 9.10. The molecule has 0 heterocycles. The lowest BCUT2D eigenvalue weighted by molar-refractivity contribution is -0.0512. The minimum atomic E-state index is -3.02. The van der Waals surface area contributed by atoms with Crippen LogP contribution in [-0.2, 0) is 6.54 Å². The van der Waals surface area contributed by atoms with Crippen LogP contribution in [-0.4, -0.2) is 26.7 Å². The van der Waals surface area contributed by atoms with E-state index in [-0.39, 0.29) is 23.6 Å². The molecular weight excluding hydrogens is 400 g/mol. The van der Waals surface area contributed by atoms with E-state index in [0.29, 0.717) is 5.75 Å². The maximum absolute atomic E-state index is 12.5. The second-order valence-electron chi connectivity index (χ2n) is 4.88. The van der Waals surface area contributed by atoms with Crippen molar-refractivity contribution in [3.63, 3.8) is 0 Å². The maximum Gasteiger partial charge on any atom is 0.387 e. The number of amides is 1. The van der Waals surface area contributed by atoms with Crippen molar-refractivity contribution in [3.8, 4) is 17.2 Å². The molecule has 134 valence electrons. The Morgan fingerprint density at radius 3 is 2.40 bits per heavy atom. The summed E-state index contributed by atoms with van der Waals surface area (Å²) in [6.45, 7) is -2.81. The molecule has 8 heteroatoms. The molecule has 0 fully saturated rings. The zero-order valence-electron chi connectivity index (χ0n) is 13.5. The Morgan fingerprint density at radius 2 is 1.76 bits per heavy atom. The first-order valence-corrected chi connectivity index (χ1v) is 7.97. The van der Waals surface area contributed by atoms with Crippen molar-refractivity contribution < 1.29 is 27.8 Å². The summed E-state index contributed by atoms with van der Waals surface area (Å²) in [4.78, 5) is 12.3. The number of halogens is 3. The van der Waals surface area contributed by atoms with Gasteiger partial charge in [-0.2, -0.15) is 8.78 Å². The number of rotatable bonds is 7. The fourth-order valence-corrected chi connectivity index (χ4v) is 2.58. The normalized spacial score (nSPS) is 10.5. The first-order chi connectivity index (χ1) is 11.9. The molecule has 0 aliphatic rings. The Hall–Kier alpha value is -2.35. The molecule has 0 saturated heterocycles. The van der Waals surface area contributed by atoms with Crippen molar-refractivity contribution in [2.24, 2.45) is 0 Å². The molecule has 0 aliphatic carbocycles. The molecule has 0 aliphatic heterocycles. The van der Waals surface area contributed by atoms with Crippen molar-refractivity contribution in [3.05, 3.63) is 52.0 Å². The van der Waals surface area contributed by atoms with Gasteiger partial charge < -0.3 is 19.5 Å². The fraction of sp³-hybridized carbons (Fsp3) is 0.235. The van der Waals surface area contributed by atoms with Gasteiger partial charge in [-0.05, 0) is 36.4 Å². The lowest BCUT2D eigenvalue weighted by Gasteiger charge is -2.13. The first kappa shape index (κ1) is 19.0. The predicted octanol–water partition coefficient (Wildman–Crippen LogP) is 4.00. The zero-order chi connectivity index (χ0) is 18.4. The molecule has 0 spiro atoms. The Morgan fingerprint density at radius 1 is 1.08 bits per heavy atom. The number of hydrogen-bond acceptors (Lipinski definition) is 4. The van der Waals surface area contributed by atoms with Crippen LogP contribution in [0.3, 0.4) is 0 Å². The van der Waals surface area contributed by atoms with Gasteiger partial charge >= 0.3 is 6.61 Å². The molecule has 5 nitrogen and oxygen atoms in total. The van der Waals surface area contributed by atoms with Crippen LogP contribution in [0.25, 0.3) is 0 Å². The first-order valence-electron chi connectivity index (χ1n) is 7.18. The maximum atomic E-state index is 12.5. The average Bonchev–Trinajstić information content (AvgIpc) is 2.59. The minimum Gasteiger partial charge on any atom is -0.496 e. The summed E-state index contributed by atoms with van der Waals surface area (Å²) in [6.07, 6.45) is 0. The molecule has 0 aromatic heterocycles. The van der Waals surface area contributed by atoms with E-state index in [9.17, 15) is 13.6 Å². The Labute approximate surface area is 152 Å². The average molecular weight is 416 g/mol. The van der Waals surface area contributed by atoms with Crippen molar-refractivity contribution >= 4 is 21.8 Å². The lowest BCUT2D eigenvalue weighted by atomic mass is 10.1. The molecule has 1 amide bonds. The highest BCUT2D eigenvalue weighted by Gasteiger charge is 2.15. The van der Waals surface area contributed by atoms with Gasteiger partial charge in [0.15, 0.2) is 11.5 Å². The van der Waals surface area contributed by atoms with E-state index < -0.39 is 12.5 Å². The Kier molecular flexibility index (Phi) is 6.58. The summed E-state index contributed by atoms with van der Waals surface area (Å²) in [5.74, 6) is 0.0967. The van der Waals surface area contributed by atoms with Gasteiger partial charge in [0.05, 0.1) is 14.2 Å². The number of hydrogen-bond donors (Lipinski definition) is 1. The van der Waals surface area contributed by atoms with Gasteiger partial charge in [0.25, 0.3) is 5.91 Å². The number of carbonyl (C=O) groups is 1. The van der Waals surface area contributed by atoms with Gasteiger partial charge in [-0.1, -0.05) is 15.9 Å². The van der Waals surface area contributed by atoms with E-state index in [0.717, 1.165) is 10.0 Å². The third-order valence-corrected chi connectivity index (χ3v) is 3.82. The summed E-state index contributed by atoms with van der Waals surface area (Å²) in [7, 11) is 2.86. The zero-order valence-corrected chi connectivity index (χ0v) is 15.1. The summed E-state index contributed by atoms with van der Waals surface area (Å²) in [5, 5.41) is 2.71. The molecule has 25 heavy (non-hydrogen) atoms. The van der Waals surface area contributed by atoms with Crippen LogP contribution in [0.5, 0.6) is 17.2 Å². The highest BCUT2D eigenvalue weighted by atomic mass is 79.9. The van der Waals surface area contributed by atoms with Gasteiger partial charge in [0.2, 0.25) is 0 Å². The van der Waals surface area contributed by atoms with Crippen LogP contribution in [0.2, 0.25) is 0 Å². The minimum absolute atomic E-state index is 0.116. The third-order valence-electron chi connectivity index (χ3n) is 3.32. The van der Waals surface area contributed by atoms with Crippen LogP contribution in [0, 0.1) is 0 Å². The SMILES string of the molecule is COc1ccc(Br)cc1CNC(=O)c1ccc(OC)c(OC(F)F)c1. The lowest BCUT2D eigenvalue weighted by Crippen LogP contribution is -2.23. The number of alkyl halides is 2. The smallest absolute Gasteiger partial charge is 0.387 e.